The lowest BCUT2D eigenvalue weighted by Crippen LogP contribution is -2.02. The molecule has 0 aliphatic carbocycles. The highest BCUT2D eigenvalue weighted by atomic mass is 32.1. The number of hydrogen-bond acceptors (Lipinski definition) is 1. The molecule has 118 valence electrons. The van der Waals surface area contributed by atoms with Crippen LogP contribution in [0.3, 0.4) is 0 Å². The number of aryl methyl sites for hydroxylation is 2. The van der Waals surface area contributed by atoms with Gasteiger partial charge in [-0.2, -0.15) is 0 Å². The maximum absolute atomic E-state index is 4.47. The molecule has 0 aliphatic heterocycles. The van der Waals surface area contributed by atoms with Crippen LogP contribution in [0.15, 0.2) is 53.9 Å². The Morgan fingerprint density at radius 2 is 1.91 bits per heavy atom. The van der Waals surface area contributed by atoms with Gasteiger partial charge in [-0.1, -0.05) is 36.4 Å². The van der Waals surface area contributed by atoms with Gasteiger partial charge in [-0.15, -0.1) is 11.3 Å². The summed E-state index contributed by atoms with van der Waals surface area (Å²) in [6.07, 6.45) is 0. The minimum atomic E-state index is 0.960. The number of allylic oxidation sites excluding steroid dienone is 3. The summed E-state index contributed by atoms with van der Waals surface area (Å²) >= 11 is 1.80. The number of nitrogens with zero attached hydrogens (tertiary/aromatic N) is 1. The van der Waals surface area contributed by atoms with E-state index < -0.39 is 0 Å². The van der Waals surface area contributed by atoms with Crippen molar-refractivity contribution in [3.63, 3.8) is 0 Å². The first-order valence-corrected chi connectivity index (χ1v) is 8.92. The van der Waals surface area contributed by atoms with Gasteiger partial charge in [0.2, 0.25) is 0 Å². The zero-order chi connectivity index (χ0) is 16.6. The van der Waals surface area contributed by atoms with E-state index in [4.69, 9.17) is 0 Å². The van der Waals surface area contributed by atoms with Crippen molar-refractivity contribution in [2.75, 3.05) is 0 Å². The van der Waals surface area contributed by atoms with Crippen LogP contribution in [0.5, 0.6) is 0 Å². The molecule has 2 aromatic heterocycles. The molecule has 0 saturated heterocycles. The Morgan fingerprint density at radius 3 is 2.57 bits per heavy atom. The van der Waals surface area contributed by atoms with Crippen molar-refractivity contribution < 1.29 is 0 Å². The molecule has 0 saturated carbocycles. The van der Waals surface area contributed by atoms with E-state index in [0.29, 0.717) is 0 Å². The molecule has 0 radical (unpaired) electrons. The number of aromatic nitrogens is 1. The Morgan fingerprint density at radius 1 is 1.17 bits per heavy atom. The van der Waals surface area contributed by atoms with Crippen molar-refractivity contribution in [3.05, 3.63) is 70.8 Å². The van der Waals surface area contributed by atoms with Crippen LogP contribution in [0.1, 0.15) is 37.6 Å². The first-order chi connectivity index (χ1) is 11.0. The summed E-state index contributed by atoms with van der Waals surface area (Å²) in [6, 6.07) is 13.0. The second kappa shape index (κ2) is 6.21. The average molecular weight is 321 g/mol. The Labute approximate surface area is 142 Å². The van der Waals surface area contributed by atoms with Gasteiger partial charge in [-0.3, -0.25) is 0 Å². The molecule has 3 rings (SSSR count). The highest BCUT2D eigenvalue weighted by Gasteiger charge is 2.17. The van der Waals surface area contributed by atoms with Crippen LogP contribution in [0.2, 0.25) is 0 Å². The maximum Gasteiger partial charge on any atom is 0.103 e. The van der Waals surface area contributed by atoms with E-state index in [9.17, 15) is 0 Å². The Balaban J connectivity index is 2.18. The highest BCUT2D eigenvalue weighted by molar-refractivity contribution is 7.16. The Kier molecular flexibility index (Phi) is 4.27. The lowest BCUT2D eigenvalue weighted by Gasteiger charge is -2.17. The molecule has 3 aromatic rings. The van der Waals surface area contributed by atoms with Gasteiger partial charge in [-0.25, -0.2) is 0 Å². The van der Waals surface area contributed by atoms with Crippen molar-refractivity contribution in [2.45, 2.75) is 34.2 Å². The van der Waals surface area contributed by atoms with Gasteiger partial charge in [-0.05, 0) is 67.5 Å². The molecule has 0 amide bonds. The second-order valence-corrected chi connectivity index (χ2v) is 7.02. The average Bonchev–Trinajstić information content (AvgIpc) is 3.09. The SMILES string of the molecule is C=C(C(=C(C)C)c1ccccc1C)c1cc2ccsc2n1CC. The molecule has 0 bridgehead atoms. The molecule has 1 aromatic carbocycles. The monoisotopic (exact) mass is 321 g/mol. The number of hydrogen-bond donors (Lipinski definition) is 0. The van der Waals surface area contributed by atoms with E-state index in [1.54, 1.807) is 11.3 Å². The van der Waals surface area contributed by atoms with Gasteiger partial charge in [0.15, 0.2) is 0 Å². The fraction of sp³-hybridized carbons (Fsp3) is 0.238. The summed E-state index contributed by atoms with van der Waals surface area (Å²) < 4.78 is 2.38. The van der Waals surface area contributed by atoms with Crippen LogP contribution in [0.25, 0.3) is 21.4 Å². The highest BCUT2D eigenvalue weighted by Crippen LogP contribution is 2.37. The standard InChI is InChI=1S/C21H23NS/c1-6-22-19(13-17-11-12-23-21(17)22)16(5)20(14(2)3)18-10-8-7-9-15(18)4/h7-13H,5-6H2,1-4H3. The van der Waals surface area contributed by atoms with E-state index in [1.807, 2.05) is 0 Å². The summed E-state index contributed by atoms with van der Waals surface area (Å²) in [5.74, 6) is 0. The summed E-state index contributed by atoms with van der Waals surface area (Å²) in [7, 11) is 0. The summed E-state index contributed by atoms with van der Waals surface area (Å²) in [6.45, 7) is 14.2. The van der Waals surface area contributed by atoms with Gasteiger partial charge < -0.3 is 4.57 Å². The predicted octanol–water partition coefficient (Wildman–Crippen LogP) is 6.54. The molecule has 1 nitrogen and oxygen atoms in total. The first-order valence-electron chi connectivity index (χ1n) is 8.04. The van der Waals surface area contributed by atoms with Crippen molar-refractivity contribution >= 4 is 32.7 Å². The van der Waals surface area contributed by atoms with E-state index >= 15 is 0 Å². The van der Waals surface area contributed by atoms with Crippen molar-refractivity contribution in [2.24, 2.45) is 0 Å². The zero-order valence-electron chi connectivity index (χ0n) is 14.3. The molecular formula is C21H23NS. The summed E-state index contributed by atoms with van der Waals surface area (Å²) in [5, 5.41) is 3.47. The van der Waals surface area contributed by atoms with Gasteiger partial charge >= 0.3 is 0 Å². The molecule has 0 unspecified atom stereocenters. The molecule has 23 heavy (non-hydrogen) atoms. The fourth-order valence-corrected chi connectivity index (χ4v) is 4.22. The third kappa shape index (κ3) is 2.68. The Hall–Kier alpha value is -2.06. The van der Waals surface area contributed by atoms with Crippen LogP contribution in [-0.4, -0.2) is 4.57 Å². The molecule has 2 heteroatoms. The fourth-order valence-electron chi connectivity index (χ4n) is 3.25. The molecular weight excluding hydrogens is 298 g/mol. The van der Waals surface area contributed by atoms with E-state index in [2.05, 4.69) is 80.6 Å². The molecule has 0 N–H and O–H groups in total. The lowest BCUT2D eigenvalue weighted by molar-refractivity contribution is 0.792. The predicted molar refractivity (Wildman–Crippen MR) is 104 cm³/mol. The van der Waals surface area contributed by atoms with Gasteiger partial charge in [0, 0.05) is 17.6 Å². The third-order valence-corrected chi connectivity index (χ3v) is 5.30. The van der Waals surface area contributed by atoms with Crippen LogP contribution in [0, 0.1) is 6.92 Å². The van der Waals surface area contributed by atoms with Crippen LogP contribution in [-0.2, 0) is 6.54 Å². The minimum absolute atomic E-state index is 0.960. The number of fused-ring (bicyclic) bond motifs is 1. The van der Waals surface area contributed by atoms with E-state index in [0.717, 1.165) is 12.1 Å². The third-order valence-electron chi connectivity index (χ3n) is 4.34. The van der Waals surface area contributed by atoms with Crippen LogP contribution < -0.4 is 0 Å². The maximum atomic E-state index is 4.47. The second-order valence-electron chi connectivity index (χ2n) is 6.12. The first kappa shape index (κ1) is 15.8. The smallest absolute Gasteiger partial charge is 0.103 e. The number of rotatable bonds is 4. The van der Waals surface area contributed by atoms with Gasteiger partial charge in [0.1, 0.15) is 4.83 Å². The van der Waals surface area contributed by atoms with Crippen LogP contribution >= 0.6 is 11.3 Å². The Bertz CT molecular complexity index is 901. The van der Waals surface area contributed by atoms with Crippen molar-refractivity contribution in [1.82, 2.24) is 4.57 Å². The normalized spacial score (nSPS) is 11.0. The summed E-state index contributed by atoms with van der Waals surface area (Å²) in [5.41, 5.74) is 7.49. The van der Waals surface area contributed by atoms with E-state index in [1.165, 1.54) is 38.2 Å². The zero-order valence-corrected chi connectivity index (χ0v) is 15.1. The molecule has 0 aliphatic rings. The number of benzene rings is 1. The lowest BCUT2D eigenvalue weighted by atomic mass is 9.90. The number of thiophene rings is 1. The van der Waals surface area contributed by atoms with Crippen molar-refractivity contribution in [3.8, 4) is 0 Å². The molecule has 0 fully saturated rings. The molecule has 0 atom stereocenters. The largest absolute Gasteiger partial charge is 0.333 e. The summed E-state index contributed by atoms with van der Waals surface area (Å²) in [4.78, 5) is 1.33. The minimum Gasteiger partial charge on any atom is -0.333 e. The van der Waals surface area contributed by atoms with Crippen LogP contribution in [0.4, 0.5) is 0 Å². The van der Waals surface area contributed by atoms with E-state index in [-0.39, 0.29) is 0 Å². The van der Waals surface area contributed by atoms with Gasteiger partial charge in [0.05, 0.1) is 0 Å². The van der Waals surface area contributed by atoms with Crippen molar-refractivity contribution in [1.29, 1.82) is 0 Å². The molecule has 2 heterocycles. The quantitative estimate of drug-likeness (QED) is 0.481. The van der Waals surface area contributed by atoms with Gasteiger partial charge in [0.25, 0.3) is 0 Å². The topological polar surface area (TPSA) is 4.93 Å². The molecule has 0 spiro atoms.